The highest BCUT2D eigenvalue weighted by Gasteiger charge is 2.31. The first-order valence-corrected chi connectivity index (χ1v) is 10.4. The zero-order chi connectivity index (χ0) is 18.4. The lowest BCUT2D eigenvalue weighted by Gasteiger charge is -2.33. The molecule has 4 heterocycles. The maximum absolute atomic E-state index is 13.0. The number of nitrogens with zero attached hydrogens (tertiary/aromatic N) is 4. The molecule has 1 atom stereocenters. The summed E-state index contributed by atoms with van der Waals surface area (Å²) in [4.78, 5) is 12.3. The monoisotopic (exact) mass is 381 g/mol. The highest BCUT2D eigenvalue weighted by Crippen LogP contribution is 2.31. The number of sulfonamides is 1. The van der Waals surface area contributed by atoms with Crippen molar-refractivity contribution in [2.24, 2.45) is 0 Å². The molecule has 0 radical (unpaired) electrons. The molecule has 1 aliphatic heterocycles. The van der Waals surface area contributed by atoms with E-state index >= 15 is 0 Å². The Morgan fingerprint density at radius 2 is 1.96 bits per heavy atom. The molecule has 1 N–H and O–H groups in total. The number of fused-ring (bicyclic) bond motifs is 3. The van der Waals surface area contributed by atoms with Crippen LogP contribution in [0.25, 0.3) is 22.1 Å². The summed E-state index contributed by atoms with van der Waals surface area (Å²) in [7, 11) is -3.49. The second-order valence-electron chi connectivity index (χ2n) is 6.86. The van der Waals surface area contributed by atoms with E-state index < -0.39 is 10.0 Å². The van der Waals surface area contributed by atoms with Gasteiger partial charge in [0.2, 0.25) is 10.0 Å². The lowest BCUT2D eigenvalue weighted by molar-refractivity contribution is 0.270. The molecule has 0 aliphatic carbocycles. The van der Waals surface area contributed by atoms with Gasteiger partial charge >= 0.3 is 0 Å². The number of nitrogens with one attached hydrogen (secondary N) is 1. The maximum atomic E-state index is 13.0. The van der Waals surface area contributed by atoms with E-state index in [-0.39, 0.29) is 6.04 Å². The van der Waals surface area contributed by atoms with Crippen molar-refractivity contribution in [1.82, 2.24) is 23.8 Å². The Balaban J connectivity index is 1.54. The van der Waals surface area contributed by atoms with Crippen molar-refractivity contribution >= 4 is 32.1 Å². The van der Waals surface area contributed by atoms with Gasteiger partial charge in [0.1, 0.15) is 11.2 Å². The quantitative estimate of drug-likeness (QED) is 0.591. The van der Waals surface area contributed by atoms with Crippen LogP contribution in [0.4, 0.5) is 0 Å². The summed E-state index contributed by atoms with van der Waals surface area (Å²) in [6.45, 7) is 0.985. The summed E-state index contributed by atoms with van der Waals surface area (Å²) < 4.78 is 29.8. The molecule has 0 amide bonds. The number of aromatic nitrogens is 4. The van der Waals surface area contributed by atoms with E-state index in [2.05, 4.69) is 19.5 Å². The van der Waals surface area contributed by atoms with Crippen molar-refractivity contribution in [1.29, 1.82) is 0 Å². The van der Waals surface area contributed by atoms with Gasteiger partial charge in [-0.25, -0.2) is 18.4 Å². The van der Waals surface area contributed by atoms with Crippen molar-refractivity contribution in [3.8, 4) is 0 Å². The standard InChI is InChI=1S/C19H19N5O2S/c25-27(26,15-6-2-1-3-7-15)23-10-4-5-14(12-23)24-13-22-17-11-21-19-16(18(17)24)8-9-20-19/h1-3,6-9,11,13-14H,4-5,10,12H2,(H,20,21). The minimum absolute atomic E-state index is 0.0442. The van der Waals surface area contributed by atoms with Gasteiger partial charge < -0.3 is 9.55 Å². The fraction of sp³-hybridized carbons (Fsp3) is 0.263. The van der Waals surface area contributed by atoms with Crippen LogP contribution >= 0.6 is 0 Å². The van der Waals surface area contributed by atoms with Crippen molar-refractivity contribution in [3.05, 3.63) is 55.1 Å². The first-order chi connectivity index (χ1) is 13.1. The molecule has 1 aromatic carbocycles. The van der Waals surface area contributed by atoms with Crippen LogP contribution in [0.1, 0.15) is 18.9 Å². The number of rotatable bonds is 3. The van der Waals surface area contributed by atoms with Crippen LogP contribution in [0.3, 0.4) is 0 Å². The van der Waals surface area contributed by atoms with E-state index in [1.807, 2.05) is 24.7 Å². The second kappa shape index (κ2) is 6.17. The SMILES string of the molecule is O=S(=O)(c1ccccc1)N1CCCC(n2cnc3cnc4[nH]ccc4c32)C1. The van der Waals surface area contributed by atoms with Gasteiger partial charge in [0.25, 0.3) is 0 Å². The number of benzene rings is 1. The largest absolute Gasteiger partial charge is 0.346 e. The second-order valence-corrected chi connectivity index (χ2v) is 8.79. The van der Waals surface area contributed by atoms with Crippen molar-refractivity contribution < 1.29 is 8.42 Å². The molecular formula is C19H19N5O2S. The van der Waals surface area contributed by atoms with Crippen LogP contribution in [-0.4, -0.2) is 45.3 Å². The van der Waals surface area contributed by atoms with E-state index in [1.54, 1.807) is 34.8 Å². The van der Waals surface area contributed by atoms with Crippen molar-refractivity contribution in [3.63, 3.8) is 0 Å². The molecule has 0 bridgehead atoms. The Morgan fingerprint density at radius 1 is 1.11 bits per heavy atom. The Hall–Kier alpha value is -2.71. The van der Waals surface area contributed by atoms with Crippen LogP contribution in [0.2, 0.25) is 0 Å². The van der Waals surface area contributed by atoms with Gasteiger partial charge in [-0.15, -0.1) is 0 Å². The van der Waals surface area contributed by atoms with Gasteiger partial charge in [0.05, 0.1) is 22.9 Å². The number of piperidine rings is 1. The Bertz CT molecular complexity index is 1210. The van der Waals surface area contributed by atoms with Gasteiger partial charge in [-0.1, -0.05) is 18.2 Å². The van der Waals surface area contributed by atoms with E-state index in [1.165, 1.54) is 0 Å². The van der Waals surface area contributed by atoms with Crippen molar-refractivity contribution in [2.75, 3.05) is 13.1 Å². The lowest BCUT2D eigenvalue weighted by atomic mass is 10.1. The minimum Gasteiger partial charge on any atom is -0.346 e. The average molecular weight is 381 g/mol. The van der Waals surface area contributed by atoms with E-state index in [9.17, 15) is 8.42 Å². The van der Waals surface area contributed by atoms with Crippen LogP contribution in [0.15, 0.2) is 60.0 Å². The van der Waals surface area contributed by atoms with Crippen molar-refractivity contribution in [2.45, 2.75) is 23.8 Å². The highest BCUT2D eigenvalue weighted by molar-refractivity contribution is 7.89. The first-order valence-electron chi connectivity index (χ1n) is 8.98. The number of imidazole rings is 1. The van der Waals surface area contributed by atoms with Gasteiger partial charge in [-0.3, -0.25) is 0 Å². The predicted octanol–water partition coefficient (Wildman–Crippen LogP) is 2.94. The fourth-order valence-electron chi connectivity index (χ4n) is 3.92. The van der Waals surface area contributed by atoms with Gasteiger partial charge in [-0.2, -0.15) is 4.31 Å². The highest BCUT2D eigenvalue weighted by atomic mass is 32.2. The number of aromatic amines is 1. The third-order valence-electron chi connectivity index (χ3n) is 5.25. The molecule has 4 aromatic rings. The summed E-state index contributed by atoms with van der Waals surface area (Å²) in [5.41, 5.74) is 2.64. The summed E-state index contributed by atoms with van der Waals surface area (Å²) in [5.74, 6) is 0. The molecule has 8 heteroatoms. The topological polar surface area (TPSA) is 83.9 Å². The molecule has 27 heavy (non-hydrogen) atoms. The zero-order valence-electron chi connectivity index (χ0n) is 14.6. The summed E-state index contributed by atoms with van der Waals surface area (Å²) >= 11 is 0. The minimum atomic E-state index is -3.49. The normalized spacial score (nSPS) is 19.0. The molecule has 138 valence electrons. The molecule has 1 unspecified atom stereocenters. The van der Waals surface area contributed by atoms with Crippen LogP contribution in [0.5, 0.6) is 0 Å². The Kier molecular flexibility index (Phi) is 3.76. The van der Waals surface area contributed by atoms with E-state index in [4.69, 9.17) is 0 Å². The fourth-order valence-corrected chi connectivity index (χ4v) is 5.45. The summed E-state index contributed by atoms with van der Waals surface area (Å²) in [6, 6.07) is 10.7. The molecule has 0 spiro atoms. The van der Waals surface area contributed by atoms with Gasteiger partial charge in [0.15, 0.2) is 0 Å². The van der Waals surface area contributed by atoms with Crippen LogP contribution < -0.4 is 0 Å². The molecule has 0 saturated carbocycles. The Labute approximate surface area is 156 Å². The number of H-pyrrole nitrogens is 1. The summed E-state index contributed by atoms with van der Waals surface area (Å²) in [5, 5.41) is 1.01. The molecule has 1 aliphatic rings. The molecule has 1 fully saturated rings. The maximum Gasteiger partial charge on any atom is 0.243 e. The molecular weight excluding hydrogens is 362 g/mol. The third-order valence-corrected chi connectivity index (χ3v) is 7.13. The number of pyridine rings is 1. The smallest absolute Gasteiger partial charge is 0.243 e. The van der Waals surface area contributed by atoms with Gasteiger partial charge in [-0.05, 0) is 31.0 Å². The van der Waals surface area contributed by atoms with Gasteiger partial charge in [0, 0.05) is 30.7 Å². The van der Waals surface area contributed by atoms with Crippen LogP contribution in [-0.2, 0) is 10.0 Å². The number of hydrogen-bond donors (Lipinski definition) is 1. The molecule has 7 nitrogen and oxygen atoms in total. The van der Waals surface area contributed by atoms with E-state index in [0.29, 0.717) is 18.0 Å². The zero-order valence-corrected chi connectivity index (χ0v) is 15.4. The van der Waals surface area contributed by atoms with E-state index in [0.717, 1.165) is 34.9 Å². The first kappa shape index (κ1) is 16.5. The predicted molar refractivity (Wildman–Crippen MR) is 103 cm³/mol. The van der Waals surface area contributed by atoms with Crippen LogP contribution in [0, 0.1) is 0 Å². The third kappa shape index (κ3) is 2.64. The lowest BCUT2D eigenvalue weighted by Crippen LogP contribution is -2.40. The Morgan fingerprint density at radius 3 is 2.81 bits per heavy atom. The average Bonchev–Trinajstić information content (AvgIpc) is 3.35. The number of hydrogen-bond acceptors (Lipinski definition) is 4. The molecule has 1 saturated heterocycles. The summed E-state index contributed by atoms with van der Waals surface area (Å²) in [6.07, 6.45) is 7.16. The molecule has 5 rings (SSSR count). The molecule has 3 aromatic heterocycles.